The number of hydrogen-bond acceptors (Lipinski definition) is 5. The van der Waals surface area contributed by atoms with Gasteiger partial charge in [-0.25, -0.2) is 0 Å². The predicted octanol–water partition coefficient (Wildman–Crippen LogP) is 2.60. The molecule has 30 heavy (non-hydrogen) atoms. The minimum absolute atomic E-state index is 0.0636. The van der Waals surface area contributed by atoms with E-state index in [0.29, 0.717) is 30.1 Å². The number of piperidine rings is 1. The van der Waals surface area contributed by atoms with Crippen molar-refractivity contribution in [3.8, 4) is 6.07 Å². The van der Waals surface area contributed by atoms with Gasteiger partial charge in [0.25, 0.3) is 10.0 Å². The molecule has 2 aromatic carbocycles. The molecule has 2 atom stereocenters. The Kier molecular flexibility index (Phi) is 5.31. The summed E-state index contributed by atoms with van der Waals surface area (Å²) in [6, 6.07) is 15.8. The van der Waals surface area contributed by atoms with Gasteiger partial charge in [-0.05, 0) is 49.6 Å². The van der Waals surface area contributed by atoms with Gasteiger partial charge in [-0.1, -0.05) is 24.3 Å². The maximum absolute atomic E-state index is 12.9. The van der Waals surface area contributed by atoms with Gasteiger partial charge in [0.2, 0.25) is 5.91 Å². The molecule has 0 spiro atoms. The van der Waals surface area contributed by atoms with Gasteiger partial charge in [0.15, 0.2) is 5.84 Å². The number of nitriles is 1. The molecule has 2 heterocycles. The van der Waals surface area contributed by atoms with Crippen LogP contribution in [0.2, 0.25) is 0 Å². The molecule has 2 aromatic rings. The summed E-state index contributed by atoms with van der Waals surface area (Å²) < 4.78 is 28.7. The van der Waals surface area contributed by atoms with Crippen LogP contribution in [-0.4, -0.2) is 38.2 Å². The molecule has 0 aromatic heterocycles. The number of benzene rings is 2. The van der Waals surface area contributed by atoms with E-state index in [0.717, 1.165) is 18.4 Å². The number of amides is 1. The zero-order chi connectivity index (χ0) is 21.3. The summed E-state index contributed by atoms with van der Waals surface area (Å²) in [4.78, 5) is 15.0. The van der Waals surface area contributed by atoms with E-state index >= 15 is 0 Å². The maximum atomic E-state index is 12.9. The molecule has 0 bridgehead atoms. The highest BCUT2D eigenvalue weighted by Gasteiger charge is 2.35. The number of sulfonamides is 1. The van der Waals surface area contributed by atoms with E-state index in [4.69, 9.17) is 5.26 Å². The third-order valence-electron chi connectivity index (χ3n) is 5.60. The number of nitrogens with zero attached hydrogens (tertiary/aromatic N) is 3. The first kappa shape index (κ1) is 20.1. The van der Waals surface area contributed by atoms with Crippen molar-refractivity contribution in [1.29, 1.82) is 5.26 Å². The van der Waals surface area contributed by atoms with Gasteiger partial charge >= 0.3 is 0 Å². The predicted molar refractivity (Wildman–Crippen MR) is 112 cm³/mol. The van der Waals surface area contributed by atoms with Crippen LogP contribution in [0.1, 0.15) is 42.5 Å². The average molecular weight is 423 g/mol. The highest BCUT2D eigenvalue weighted by molar-refractivity contribution is 7.90. The number of rotatable bonds is 3. The average Bonchev–Trinajstić information content (AvgIpc) is 3.05. The Balaban J connectivity index is 1.46. The molecule has 0 aliphatic carbocycles. The Labute approximate surface area is 176 Å². The van der Waals surface area contributed by atoms with Crippen molar-refractivity contribution < 1.29 is 13.2 Å². The molecule has 7 nitrogen and oxygen atoms in total. The van der Waals surface area contributed by atoms with Crippen molar-refractivity contribution in [3.05, 3.63) is 65.2 Å². The van der Waals surface area contributed by atoms with Crippen LogP contribution in [0.3, 0.4) is 0 Å². The van der Waals surface area contributed by atoms with Crippen LogP contribution < -0.4 is 5.32 Å². The molecule has 2 aliphatic heterocycles. The second-order valence-electron chi connectivity index (χ2n) is 7.64. The van der Waals surface area contributed by atoms with Crippen molar-refractivity contribution in [3.63, 3.8) is 0 Å². The van der Waals surface area contributed by atoms with Gasteiger partial charge in [-0.3, -0.25) is 4.79 Å². The minimum atomic E-state index is -3.68. The van der Waals surface area contributed by atoms with E-state index in [1.807, 2.05) is 24.0 Å². The molecular weight excluding hydrogens is 400 g/mol. The molecule has 1 fully saturated rings. The molecule has 4 rings (SSSR count). The molecule has 1 N–H and O–H groups in total. The monoisotopic (exact) mass is 422 g/mol. The van der Waals surface area contributed by atoms with E-state index in [9.17, 15) is 13.2 Å². The van der Waals surface area contributed by atoms with Crippen LogP contribution in [-0.2, 0) is 14.8 Å². The lowest BCUT2D eigenvalue weighted by Crippen LogP contribution is -2.45. The molecule has 154 valence electrons. The molecule has 2 aliphatic rings. The Hall–Kier alpha value is -3.18. The van der Waals surface area contributed by atoms with Crippen molar-refractivity contribution in [2.24, 2.45) is 10.3 Å². The third-order valence-corrected chi connectivity index (χ3v) is 6.93. The number of fused-ring (bicyclic) bond motifs is 1. The molecule has 0 saturated carbocycles. The second-order valence-corrected chi connectivity index (χ2v) is 9.21. The van der Waals surface area contributed by atoms with E-state index in [2.05, 4.69) is 15.8 Å². The number of likely N-dealkylation sites (tertiary alicyclic amines) is 1. The van der Waals surface area contributed by atoms with Crippen molar-refractivity contribution in [1.82, 2.24) is 10.2 Å². The Bertz CT molecular complexity index is 1150. The number of carbonyl (C=O) groups excluding carboxylic acids is 1. The lowest BCUT2D eigenvalue weighted by molar-refractivity contribution is -0.126. The Morgan fingerprint density at radius 3 is 2.70 bits per heavy atom. The quantitative estimate of drug-likeness (QED) is 0.819. The van der Waals surface area contributed by atoms with Gasteiger partial charge in [0.05, 0.1) is 23.6 Å². The van der Waals surface area contributed by atoms with E-state index < -0.39 is 10.0 Å². The van der Waals surface area contributed by atoms with Crippen LogP contribution in [0.15, 0.2) is 57.8 Å². The highest BCUT2D eigenvalue weighted by Crippen LogP contribution is 2.30. The van der Waals surface area contributed by atoms with E-state index in [-0.39, 0.29) is 22.8 Å². The smallest absolute Gasteiger partial charge is 0.285 e. The number of nitrogens with one attached hydrogen (secondary N) is 1. The maximum Gasteiger partial charge on any atom is 0.285 e. The van der Waals surface area contributed by atoms with Crippen LogP contribution in [0, 0.1) is 17.2 Å². The minimum Gasteiger partial charge on any atom is -0.355 e. The normalized spacial score (nSPS) is 20.6. The molecule has 1 amide bonds. The summed E-state index contributed by atoms with van der Waals surface area (Å²) in [6.45, 7) is 3.00. The van der Waals surface area contributed by atoms with Gasteiger partial charge in [-0.15, -0.1) is 4.40 Å². The first-order chi connectivity index (χ1) is 14.4. The first-order valence-electron chi connectivity index (χ1n) is 9.89. The van der Waals surface area contributed by atoms with Crippen LogP contribution in [0.25, 0.3) is 0 Å². The summed E-state index contributed by atoms with van der Waals surface area (Å²) in [5.41, 5.74) is 2.10. The second kappa shape index (κ2) is 7.92. The van der Waals surface area contributed by atoms with Crippen LogP contribution in [0.5, 0.6) is 0 Å². The fourth-order valence-corrected chi connectivity index (χ4v) is 5.19. The topological polar surface area (TPSA) is 103 Å². The summed E-state index contributed by atoms with van der Waals surface area (Å²) in [7, 11) is -3.68. The third kappa shape index (κ3) is 3.81. The summed E-state index contributed by atoms with van der Waals surface area (Å²) >= 11 is 0. The zero-order valence-corrected chi connectivity index (χ0v) is 17.4. The zero-order valence-electron chi connectivity index (χ0n) is 16.6. The van der Waals surface area contributed by atoms with Gasteiger partial charge in [0.1, 0.15) is 4.90 Å². The number of carbonyl (C=O) groups is 1. The first-order valence-corrected chi connectivity index (χ1v) is 11.3. The molecule has 2 unspecified atom stereocenters. The number of hydrogen-bond donors (Lipinski definition) is 1. The number of amidine groups is 1. The Morgan fingerprint density at radius 2 is 1.97 bits per heavy atom. The lowest BCUT2D eigenvalue weighted by Gasteiger charge is -2.34. The van der Waals surface area contributed by atoms with Gasteiger partial charge in [0, 0.05) is 18.7 Å². The van der Waals surface area contributed by atoms with Gasteiger partial charge < -0.3 is 10.2 Å². The largest absolute Gasteiger partial charge is 0.355 e. The van der Waals surface area contributed by atoms with E-state index in [1.165, 1.54) is 0 Å². The fourth-order valence-electron chi connectivity index (χ4n) is 3.96. The highest BCUT2D eigenvalue weighted by atomic mass is 32.2. The van der Waals surface area contributed by atoms with Crippen LogP contribution >= 0.6 is 0 Å². The van der Waals surface area contributed by atoms with Crippen LogP contribution in [0.4, 0.5) is 0 Å². The summed E-state index contributed by atoms with van der Waals surface area (Å²) in [6.07, 6.45) is 1.52. The van der Waals surface area contributed by atoms with Crippen molar-refractivity contribution >= 4 is 21.8 Å². The molecule has 8 heteroatoms. The molecule has 1 saturated heterocycles. The SMILES string of the molecule is CC(NC(=O)C1CCCN(C2=NS(=O)(=O)c3ccccc32)C1)c1ccc(C#N)cc1. The summed E-state index contributed by atoms with van der Waals surface area (Å²) in [5.74, 6) is 0.118. The molecule has 0 radical (unpaired) electrons. The molecular formula is C22H22N4O3S. The standard InChI is InChI=1S/C22H22N4O3S/c1-15(17-10-8-16(13-23)9-11-17)24-22(27)18-5-4-12-26(14-18)21-19-6-2-3-7-20(19)30(28,29)25-21/h2-3,6-11,15,18H,4-5,12,14H2,1H3,(H,24,27). The summed E-state index contributed by atoms with van der Waals surface area (Å²) in [5, 5.41) is 12.0. The lowest BCUT2D eigenvalue weighted by atomic mass is 9.95. The van der Waals surface area contributed by atoms with Crippen molar-refractivity contribution in [2.45, 2.75) is 30.7 Å². The Morgan fingerprint density at radius 1 is 1.23 bits per heavy atom. The van der Waals surface area contributed by atoms with Crippen molar-refractivity contribution in [2.75, 3.05) is 13.1 Å². The van der Waals surface area contributed by atoms with Gasteiger partial charge in [-0.2, -0.15) is 13.7 Å². The fraction of sp³-hybridized carbons (Fsp3) is 0.318. The van der Waals surface area contributed by atoms with E-state index in [1.54, 1.807) is 36.4 Å².